The number of benzene rings is 2. The molecular weight excluding hydrogens is 372 g/mol. The van der Waals surface area contributed by atoms with E-state index < -0.39 is 17.7 Å². The summed E-state index contributed by atoms with van der Waals surface area (Å²) in [4.78, 5) is 14.4. The van der Waals surface area contributed by atoms with E-state index in [4.69, 9.17) is 0 Å². The van der Waals surface area contributed by atoms with Crippen LogP contribution in [-0.2, 0) is 13.1 Å². The van der Waals surface area contributed by atoms with E-state index in [9.17, 15) is 13.6 Å². The lowest BCUT2D eigenvalue weighted by Gasteiger charge is -2.27. The van der Waals surface area contributed by atoms with Crippen molar-refractivity contribution in [1.29, 1.82) is 0 Å². The Hall–Kier alpha value is -3.15. The predicted octanol–water partition coefficient (Wildman–Crippen LogP) is 5.57. The van der Waals surface area contributed by atoms with Gasteiger partial charge in [0.25, 0.3) is 0 Å². The van der Waals surface area contributed by atoms with E-state index in [0.29, 0.717) is 13.1 Å². The van der Waals surface area contributed by atoms with Crippen molar-refractivity contribution in [2.45, 2.75) is 39.9 Å². The Morgan fingerprint density at radius 3 is 2.48 bits per heavy atom. The molecule has 1 heterocycles. The van der Waals surface area contributed by atoms with Crippen LogP contribution in [0.3, 0.4) is 0 Å². The molecule has 0 spiro atoms. The largest absolute Gasteiger partial charge is 0.345 e. The fraction of sp³-hybridized carbons (Fsp3) is 0.261. The Morgan fingerprint density at radius 1 is 1.10 bits per heavy atom. The van der Waals surface area contributed by atoms with Crippen LogP contribution in [0.25, 0.3) is 0 Å². The van der Waals surface area contributed by atoms with Gasteiger partial charge in [0.2, 0.25) is 0 Å². The average molecular weight is 397 g/mol. The number of aromatic nitrogens is 1. The molecule has 4 nitrogen and oxygen atoms in total. The summed E-state index contributed by atoms with van der Waals surface area (Å²) in [6.45, 7) is 6.91. The van der Waals surface area contributed by atoms with Crippen LogP contribution in [0.1, 0.15) is 30.7 Å². The number of halogens is 2. The van der Waals surface area contributed by atoms with Crippen molar-refractivity contribution in [2.24, 2.45) is 0 Å². The van der Waals surface area contributed by atoms with Crippen molar-refractivity contribution in [3.05, 3.63) is 89.2 Å². The molecule has 0 aliphatic carbocycles. The highest BCUT2D eigenvalue weighted by atomic mass is 19.1. The van der Waals surface area contributed by atoms with Gasteiger partial charge in [-0.15, -0.1) is 0 Å². The number of hydrogen-bond acceptors (Lipinski definition) is 1. The van der Waals surface area contributed by atoms with E-state index in [2.05, 4.69) is 34.1 Å². The highest BCUT2D eigenvalue weighted by Gasteiger charge is 2.20. The quantitative estimate of drug-likeness (QED) is 0.580. The van der Waals surface area contributed by atoms with Gasteiger partial charge in [0, 0.05) is 30.5 Å². The van der Waals surface area contributed by atoms with E-state index in [0.717, 1.165) is 17.8 Å². The Morgan fingerprint density at radius 2 is 1.83 bits per heavy atom. The zero-order valence-electron chi connectivity index (χ0n) is 16.8. The first-order valence-corrected chi connectivity index (χ1v) is 9.55. The zero-order chi connectivity index (χ0) is 21.0. The fourth-order valence-electron chi connectivity index (χ4n) is 3.08. The Bertz CT molecular complexity index is 980. The van der Waals surface area contributed by atoms with Gasteiger partial charge in [-0.25, -0.2) is 13.6 Å². The van der Waals surface area contributed by atoms with E-state index in [1.807, 2.05) is 39.1 Å². The molecule has 29 heavy (non-hydrogen) atoms. The SMILES string of the molecule is Cc1ccc(Cn2cccc2CN(C(=O)Nc2ccc(F)cc2F)C(C)C)cc1. The molecule has 1 aromatic heterocycles. The van der Waals surface area contributed by atoms with Crippen LogP contribution < -0.4 is 5.32 Å². The maximum absolute atomic E-state index is 13.9. The monoisotopic (exact) mass is 397 g/mol. The molecule has 0 unspecified atom stereocenters. The fourth-order valence-corrected chi connectivity index (χ4v) is 3.08. The normalized spacial score (nSPS) is 11.0. The first kappa shape index (κ1) is 20.6. The maximum atomic E-state index is 13.9. The summed E-state index contributed by atoms with van der Waals surface area (Å²) in [5, 5.41) is 2.54. The lowest BCUT2D eigenvalue weighted by molar-refractivity contribution is 0.192. The van der Waals surface area contributed by atoms with E-state index >= 15 is 0 Å². The van der Waals surface area contributed by atoms with Gasteiger partial charge in [0.15, 0.2) is 0 Å². The molecule has 2 amide bonds. The molecule has 2 aromatic carbocycles. The van der Waals surface area contributed by atoms with Crippen molar-refractivity contribution in [3.63, 3.8) is 0 Å². The van der Waals surface area contributed by atoms with Crippen molar-refractivity contribution < 1.29 is 13.6 Å². The number of aryl methyl sites for hydroxylation is 1. The Kier molecular flexibility index (Phi) is 6.32. The number of urea groups is 1. The average Bonchev–Trinajstić information content (AvgIpc) is 3.10. The minimum absolute atomic E-state index is 0.0444. The predicted molar refractivity (Wildman–Crippen MR) is 111 cm³/mol. The van der Waals surface area contributed by atoms with Crippen LogP contribution in [0, 0.1) is 18.6 Å². The molecule has 0 bridgehead atoms. The third-order valence-electron chi connectivity index (χ3n) is 4.79. The van der Waals surface area contributed by atoms with E-state index in [-0.39, 0.29) is 11.7 Å². The first-order valence-electron chi connectivity index (χ1n) is 9.55. The first-order chi connectivity index (χ1) is 13.8. The van der Waals surface area contributed by atoms with Gasteiger partial charge in [0.05, 0.1) is 12.2 Å². The molecule has 3 aromatic rings. The van der Waals surface area contributed by atoms with Gasteiger partial charge in [-0.3, -0.25) is 0 Å². The maximum Gasteiger partial charge on any atom is 0.322 e. The van der Waals surface area contributed by atoms with Crippen molar-refractivity contribution in [1.82, 2.24) is 9.47 Å². The second kappa shape index (κ2) is 8.90. The zero-order valence-corrected chi connectivity index (χ0v) is 16.8. The molecule has 152 valence electrons. The van der Waals surface area contributed by atoms with E-state index in [1.165, 1.54) is 17.2 Å². The van der Waals surface area contributed by atoms with Crippen LogP contribution in [-0.4, -0.2) is 21.5 Å². The summed E-state index contributed by atoms with van der Waals surface area (Å²) in [5.74, 6) is -1.49. The number of amides is 2. The smallest absolute Gasteiger partial charge is 0.322 e. The summed E-state index contributed by atoms with van der Waals surface area (Å²) in [5.41, 5.74) is 3.30. The lowest BCUT2D eigenvalue weighted by Crippen LogP contribution is -2.40. The second-order valence-electron chi connectivity index (χ2n) is 7.39. The Labute approximate surface area is 169 Å². The highest BCUT2D eigenvalue weighted by Crippen LogP contribution is 2.18. The third kappa shape index (κ3) is 5.22. The number of hydrogen-bond donors (Lipinski definition) is 1. The van der Waals surface area contributed by atoms with Crippen LogP contribution in [0.4, 0.5) is 19.3 Å². The molecule has 3 rings (SSSR count). The van der Waals surface area contributed by atoms with Gasteiger partial charge < -0.3 is 14.8 Å². The van der Waals surface area contributed by atoms with Crippen LogP contribution >= 0.6 is 0 Å². The van der Waals surface area contributed by atoms with Crippen molar-refractivity contribution in [3.8, 4) is 0 Å². The van der Waals surface area contributed by atoms with Crippen LogP contribution in [0.5, 0.6) is 0 Å². The molecule has 0 aliphatic rings. The molecule has 1 N–H and O–H groups in total. The van der Waals surface area contributed by atoms with Gasteiger partial charge in [0.1, 0.15) is 11.6 Å². The molecule has 0 saturated carbocycles. The third-order valence-corrected chi connectivity index (χ3v) is 4.79. The number of carbonyl (C=O) groups is 1. The van der Waals surface area contributed by atoms with Crippen molar-refractivity contribution >= 4 is 11.7 Å². The second-order valence-corrected chi connectivity index (χ2v) is 7.39. The molecule has 0 atom stereocenters. The Balaban J connectivity index is 1.74. The highest BCUT2D eigenvalue weighted by molar-refractivity contribution is 5.89. The minimum Gasteiger partial charge on any atom is -0.345 e. The molecule has 0 saturated heterocycles. The number of nitrogens with one attached hydrogen (secondary N) is 1. The topological polar surface area (TPSA) is 37.3 Å². The summed E-state index contributed by atoms with van der Waals surface area (Å²) in [6, 6.07) is 14.8. The summed E-state index contributed by atoms with van der Waals surface area (Å²) >= 11 is 0. The molecule has 0 aliphatic heterocycles. The summed E-state index contributed by atoms with van der Waals surface area (Å²) in [6.07, 6.45) is 1.98. The summed E-state index contributed by atoms with van der Waals surface area (Å²) in [7, 11) is 0. The molecule has 0 radical (unpaired) electrons. The van der Waals surface area contributed by atoms with Crippen LogP contribution in [0.15, 0.2) is 60.8 Å². The van der Waals surface area contributed by atoms with Gasteiger partial charge in [-0.05, 0) is 50.6 Å². The molecular formula is C23H25F2N3O. The standard InChI is InChI=1S/C23H25F2N3O/c1-16(2)28(23(29)26-22-11-10-19(24)13-21(22)25)15-20-5-4-12-27(20)14-18-8-6-17(3)7-9-18/h4-13,16H,14-15H2,1-3H3,(H,26,29). The number of anilines is 1. The number of carbonyl (C=O) groups excluding carboxylic acids is 1. The van der Waals surface area contributed by atoms with Gasteiger partial charge in [-0.1, -0.05) is 29.8 Å². The van der Waals surface area contributed by atoms with Gasteiger partial charge in [-0.2, -0.15) is 0 Å². The minimum atomic E-state index is -0.801. The molecule has 6 heteroatoms. The summed E-state index contributed by atoms with van der Waals surface area (Å²) < 4.78 is 29.1. The lowest BCUT2D eigenvalue weighted by atomic mass is 10.1. The van der Waals surface area contributed by atoms with Gasteiger partial charge >= 0.3 is 6.03 Å². The number of nitrogens with zero attached hydrogens (tertiary/aromatic N) is 2. The number of rotatable bonds is 6. The van der Waals surface area contributed by atoms with Crippen molar-refractivity contribution in [2.75, 3.05) is 5.32 Å². The van der Waals surface area contributed by atoms with E-state index in [1.54, 1.807) is 4.90 Å². The molecule has 0 fully saturated rings. The van der Waals surface area contributed by atoms with Crippen LogP contribution in [0.2, 0.25) is 0 Å².